The van der Waals surface area contributed by atoms with Crippen LogP contribution in [-0.2, 0) is 10.0 Å². The van der Waals surface area contributed by atoms with Crippen molar-refractivity contribution in [2.45, 2.75) is 4.34 Å². The minimum Gasteiger partial charge on any atom is -0.558 e. The predicted molar refractivity (Wildman–Crippen MR) is 74.4 cm³/mol. The fraction of sp³-hybridized carbons (Fsp3) is 0.0909. The molecule has 0 unspecified atom stereocenters. The van der Waals surface area contributed by atoms with Crippen LogP contribution in [0.4, 0.5) is 0 Å². The van der Waals surface area contributed by atoms with Gasteiger partial charge in [0.15, 0.2) is 0 Å². The Morgan fingerprint density at radius 3 is 2.76 bits per heavy atom. The minimum atomic E-state index is -4.05. The SMILES string of the molecule is COc1cccc(-c2cn3nc(S([NH-])(=O)=O)sc3n2)c1.[Na+]. The quantitative estimate of drug-likeness (QED) is 0.586. The molecule has 21 heavy (non-hydrogen) atoms. The topological polar surface area (TPSA) is 97.4 Å². The van der Waals surface area contributed by atoms with Crippen molar-refractivity contribution >= 4 is 26.3 Å². The predicted octanol–water partition coefficient (Wildman–Crippen LogP) is -0.789. The second kappa shape index (κ2) is 6.03. The van der Waals surface area contributed by atoms with E-state index in [1.165, 1.54) is 4.52 Å². The van der Waals surface area contributed by atoms with E-state index in [0.717, 1.165) is 16.9 Å². The van der Waals surface area contributed by atoms with Crippen LogP contribution >= 0.6 is 11.3 Å². The maximum atomic E-state index is 11.1. The van der Waals surface area contributed by atoms with Crippen molar-refractivity contribution in [1.29, 1.82) is 0 Å². The first kappa shape index (κ1) is 16.4. The van der Waals surface area contributed by atoms with Gasteiger partial charge in [0.2, 0.25) is 9.30 Å². The normalized spacial score (nSPS) is 11.3. The van der Waals surface area contributed by atoms with Crippen LogP contribution in [-0.4, -0.2) is 30.1 Å². The molecular formula is C11H9N4NaO3S2. The van der Waals surface area contributed by atoms with E-state index < -0.39 is 10.0 Å². The Bertz CT molecular complexity index is 856. The number of nitrogens with zero attached hydrogens (tertiary/aromatic N) is 3. The van der Waals surface area contributed by atoms with Gasteiger partial charge in [0.25, 0.3) is 0 Å². The smallest absolute Gasteiger partial charge is 0.558 e. The molecule has 2 heterocycles. The molecule has 2 aromatic heterocycles. The summed E-state index contributed by atoms with van der Waals surface area (Å²) < 4.78 is 28.4. The van der Waals surface area contributed by atoms with Gasteiger partial charge < -0.3 is 9.88 Å². The molecule has 3 aromatic rings. The van der Waals surface area contributed by atoms with E-state index in [9.17, 15) is 8.42 Å². The zero-order valence-electron chi connectivity index (χ0n) is 11.3. The third-order valence-corrected chi connectivity index (χ3v) is 4.79. The summed E-state index contributed by atoms with van der Waals surface area (Å²) in [6.07, 6.45) is 1.62. The molecule has 0 spiro atoms. The van der Waals surface area contributed by atoms with Crippen molar-refractivity contribution < 1.29 is 42.7 Å². The fourth-order valence-corrected chi connectivity index (χ4v) is 3.19. The van der Waals surface area contributed by atoms with Gasteiger partial charge in [-0.15, -0.1) is 5.10 Å². The molecule has 0 atom stereocenters. The molecule has 0 saturated carbocycles. The molecule has 0 amide bonds. The van der Waals surface area contributed by atoms with Crippen molar-refractivity contribution in [2.24, 2.45) is 0 Å². The maximum Gasteiger partial charge on any atom is 1.00 e. The molecule has 0 fully saturated rings. The van der Waals surface area contributed by atoms with E-state index >= 15 is 0 Å². The number of imidazole rings is 1. The molecule has 0 bridgehead atoms. The van der Waals surface area contributed by atoms with E-state index in [4.69, 9.17) is 9.88 Å². The zero-order chi connectivity index (χ0) is 14.3. The third kappa shape index (κ3) is 3.28. The van der Waals surface area contributed by atoms with Crippen molar-refractivity contribution in [3.63, 3.8) is 0 Å². The number of benzene rings is 1. The van der Waals surface area contributed by atoms with Gasteiger partial charge in [-0.2, -0.15) is 0 Å². The Morgan fingerprint density at radius 1 is 1.38 bits per heavy atom. The van der Waals surface area contributed by atoms with Gasteiger partial charge in [0.1, 0.15) is 15.8 Å². The number of rotatable bonds is 3. The average molecular weight is 332 g/mol. The van der Waals surface area contributed by atoms with Crippen LogP contribution in [0.25, 0.3) is 21.4 Å². The largest absolute Gasteiger partial charge is 1.00 e. The van der Waals surface area contributed by atoms with Crippen molar-refractivity contribution in [3.8, 4) is 17.0 Å². The second-order valence-electron chi connectivity index (χ2n) is 3.96. The van der Waals surface area contributed by atoms with E-state index in [1.807, 2.05) is 24.3 Å². The molecule has 104 valence electrons. The first-order valence-electron chi connectivity index (χ1n) is 5.47. The molecule has 0 aliphatic rings. The summed E-state index contributed by atoms with van der Waals surface area (Å²) in [4.78, 5) is 4.73. The number of methoxy groups -OCH3 is 1. The van der Waals surface area contributed by atoms with Crippen molar-refractivity contribution in [1.82, 2.24) is 14.6 Å². The van der Waals surface area contributed by atoms with E-state index in [-0.39, 0.29) is 33.9 Å². The van der Waals surface area contributed by atoms with Gasteiger partial charge in [-0.1, -0.05) is 23.5 Å². The molecule has 1 N–H and O–H groups in total. The summed E-state index contributed by atoms with van der Waals surface area (Å²) in [5, 5.41) is 10.8. The summed E-state index contributed by atoms with van der Waals surface area (Å²) in [6.45, 7) is 0. The Balaban J connectivity index is 0.00000161. The van der Waals surface area contributed by atoms with Crippen LogP contribution < -0.4 is 34.3 Å². The first-order chi connectivity index (χ1) is 9.47. The second-order valence-corrected chi connectivity index (χ2v) is 6.56. The number of nitrogens with one attached hydrogen (secondary N) is 1. The summed E-state index contributed by atoms with van der Waals surface area (Å²) in [5.41, 5.74) is 1.51. The first-order valence-corrected chi connectivity index (χ1v) is 7.77. The van der Waals surface area contributed by atoms with Crippen LogP contribution in [0.2, 0.25) is 0 Å². The Morgan fingerprint density at radius 2 is 2.14 bits per heavy atom. The molecular weight excluding hydrogens is 323 g/mol. The molecule has 3 rings (SSSR count). The summed E-state index contributed by atoms with van der Waals surface area (Å²) >= 11 is 0.864. The van der Waals surface area contributed by atoms with E-state index in [2.05, 4.69) is 10.1 Å². The van der Waals surface area contributed by atoms with Gasteiger partial charge >= 0.3 is 29.6 Å². The van der Waals surface area contributed by atoms with Crippen molar-refractivity contribution in [3.05, 3.63) is 35.6 Å². The molecule has 0 saturated heterocycles. The van der Waals surface area contributed by atoms with E-state index in [0.29, 0.717) is 16.4 Å². The molecule has 0 aliphatic heterocycles. The molecule has 0 aliphatic carbocycles. The monoisotopic (exact) mass is 332 g/mol. The standard InChI is InChI=1S/C11H9N4O3S2.Na/c1-18-8-4-2-3-7(5-8)9-6-15-10(13-9)19-11(14-15)20(12,16)17;/h2-6H,1H3,(H-,12,16,17);/q-1;+1. The van der Waals surface area contributed by atoms with Gasteiger partial charge in [-0.25, -0.2) is 17.9 Å². The molecule has 10 heteroatoms. The number of fused-ring (bicyclic) bond motifs is 1. The maximum absolute atomic E-state index is 11.1. The number of hydrogen-bond donors (Lipinski definition) is 0. The summed E-state index contributed by atoms with van der Waals surface area (Å²) in [5.74, 6) is 0.709. The molecule has 7 nitrogen and oxygen atoms in total. The van der Waals surface area contributed by atoms with Crippen LogP contribution in [0.1, 0.15) is 0 Å². The van der Waals surface area contributed by atoms with Gasteiger partial charge in [0, 0.05) is 5.56 Å². The third-order valence-electron chi connectivity index (χ3n) is 2.62. The van der Waals surface area contributed by atoms with E-state index in [1.54, 1.807) is 13.3 Å². The zero-order valence-corrected chi connectivity index (χ0v) is 14.9. The minimum absolute atomic E-state index is 0. The van der Waals surface area contributed by atoms with Gasteiger partial charge in [0.05, 0.1) is 19.0 Å². The van der Waals surface area contributed by atoms with Gasteiger partial charge in [-0.3, -0.25) is 0 Å². The van der Waals surface area contributed by atoms with Crippen molar-refractivity contribution in [2.75, 3.05) is 7.11 Å². The number of ether oxygens (including phenoxy) is 1. The van der Waals surface area contributed by atoms with Crippen LogP contribution in [0.15, 0.2) is 34.8 Å². The summed E-state index contributed by atoms with van der Waals surface area (Å²) in [6, 6.07) is 7.37. The fourth-order valence-electron chi connectivity index (χ4n) is 1.71. The molecule has 1 aromatic carbocycles. The number of aromatic nitrogens is 3. The summed E-state index contributed by atoms with van der Waals surface area (Å²) in [7, 11) is -2.47. The van der Waals surface area contributed by atoms with Gasteiger partial charge in [-0.05, 0) is 12.1 Å². The van der Waals surface area contributed by atoms with Crippen LogP contribution in [0.5, 0.6) is 5.75 Å². The van der Waals surface area contributed by atoms with Crippen LogP contribution in [0, 0.1) is 0 Å². The Hall–Kier alpha value is -0.970. The molecule has 0 radical (unpaired) electrons. The number of sulfonamides is 1. The number of hydrogen-bond acceptors (Lipinski definition) is 6. The van der Waals surface area contributed by atoms with Crippen LogP contribution in [0.3, 0.4) is 0 Å². The average Bonchev–Trinajstić information content (AvgIpc) is 2.96. The Labute approximate surface area is 147 Å². The Kier molecular flexibility index (Phi) is 4.71.